The van der Waals surface area contributed by atoms with Crippen molar-refractivity contribution in [2.75, 3.05) is 19.8 Å². The molecule has 2 aromatic rings. The van der Waals surface area contributed by atoms with Gasteiger partial charge in [-0.3, -0.25) is 9.59 Å². The van der Waals surface area contributed by atoms with Crippen molar-refractivity contribution >= 4 is 23.4 Å². The first-order valence-corrected chi connectivity index (χ1v) is 11.0. The van der Waals surface area contributed by atoms with Crippen LogP contribution in [0, 0.1) is 0 Å². The number of carbonyl (C=O) groups is 2. The summed E-state index contributed by atoms with van der Waals surface area (Å²) in [7, 11) is 0. The predicted molar refractivity (Wildman–Crippen MR) is 118 cm³/mol. The van der Waals surface area contributed by atoms with E-state index in [2.05, 4.69) is 10.6 Å². The van der Waals surface area contributed by atoms with E-state index in [9.17, 15) is 9.59 Å². The smallest absolute Gasteiger partial charge is 0.253 e. The Balaban J connectivity index is 1.43. The molecule has 0 aromatic heterocycles. The van der Waals surface area contributed by atoms with Gasteiger partial charge < -0.3 is 20.1 Å². The second kappa shape index (κ2) is 9.81. The van der Waals surface area contributed by atoms with Crippen LogP contribution in [-0.2, 0) is 14.3 Å². The van der Waals surface area contributed by atoms with Crippen molar-refractivity contribution in [3.05, 3.63) is 70.7 Å². The van der Waals surface area contributed by atoms with Gasteiger partial charge in [0, 0.05) is 25.7 Å². The normalized spacial score (nSPS) is 24.0. The maximum Gasteiger partial charge on any atom is 0.253 e. The Kier molecular flexibility index (Phi) is 6.90. The van der Waals surface area contributed by atoms with Gasteiger partial charge >= 0.3 is 0 Å². The Labute approximate surface area is 187 Å². The van der Waals surface area contributed by atoms with Crippen molar-refractivity contribution in [1.29, 1.82) is 0 Å². The third kappa shape index (κ3) is 5.45. The summed E-state index contributed by atoms with van der Waals surface area (Å²) in [6.07, 6.45) is 2.52. The third-order valence-corrected chi connectivity index (χ3v) is 6.27. The molecule has 0 aliphatic carbocycles. The second-order valence-corrected chi connectivity index (χ2v) is 8.62. The molecule has 7 heteroatoms. The van der Waals surface area contributed by atoms with Gasteiger partial charge in [0.1, 0.15) is 0 Å². The molecule has 2 aliphatic heterocycles. The second-order valence-electron chi connectivity index (χ2n) is 8.21. The highest BCUT2D eigenvalue weighted by molar-refractivity contribution is 6.33. The quantitative estimate of drug-likeness (QED) is 0.715. The van der Waals surface area contributed by atoms with Crippen LogP contribution in [0.3, 0.4) is 0 Å². The molecule has 31 heavy (non-hydrogen) atoms. The lowest BCUT2D eigenvalue weighted by Gasteiger charge is -2.37. The van der Waals surface area contributed by atoms with Crippen molar-refractivity contribution in [3.8, 4) is 0 Å². The number of ether oxygens (including phenoxy) is 2. The highest BCUT2D eigenvalue weighted by atomic mass is 35.5. The van der Waals surface area contributed by atoms with Crippen molar-refractivity contribution in [1.82, 2.24) is 10.6 Å². The fourth-order valence-corrected chi connectivity index (χ4v) is 4.53. The molecule has 1 spiro atoms. The predicted octanol–water partition coefficient (Wildman–Crippen LogP) is 3.66. The van der Waals surface area contributed by atoms with Crippen LogP contribution in [-0.4, -0.2) is 43.3 Å². The summed E-state index contributed by atoms with van der Waals surface area (Å²) in [6.45, 7) is 1.89. The van der Waals surface area contributed by atoms with E-state index in [1.807, 2.05) is 30.3 Å². The molecule has 0 radical (unpaired) electrons. The van der Waals surface area contributed by atoms with Crippen LogP contribution in [0.25, 0.3) is 0 Å². The van der Waals surface area contributed by atoms with Gasteiger partial charge in [-0.25, -0.2) is 0 Å². The average Bonchev–Trinajstić information content (AvgIpc) is 3.21. The first kappa shape index (κ1) is 21.8. The number of carbonyl (C=O) groups excluding carboxylic acids is 2. The van der Waals surface area contributed by atoms with Crippen LogP contribution < -0.4 is 10.6 Å². The number of hydrogen-bond donors (Lipinski definition) is 2. The molecular weight excluding hydrogens is 416 g/mol. The lowest BCUT2D eigenvalue weighted by molar-refractivity contribution is -0.126. The van der Waals surface area contributed by atoms with Crippen LogP contribution in [0.2, 0.25) is 5.02 Å². The molecule has 2 aliphatic rings. The standard InChI is InChI=1S/C24H27ClN2O4/c25-20-9-5-4-8-19(20)23(29)27-21(17-6-2-1-3-7-17)14-22(28)26-18-10-12-31-24(15-18)11-13-30-16-24/h1-9,18,21H,10-16H2,(H,26,28)(H,27,29). The van der Waals surface area contributed by atoms with E-state index < -0.39 is 6.04 Å². The van der Waals surface area contributed by atoms with Crippen molar-refractivity contribution in [2.45, 2.75) is 43.4 Å². The molecule has 0 saturated carbocycles. The summed E-state index contributed by atoms with van der Waals surface area (Å²) in [5.41, 5.74) is 0.983. The molecule has 0 bridgehead atoms. The van der Waals surface area contributed by atoms with Crippen LogP contribution in [0.15, 0.2) is 54.6 Å². The first-order valence-electron chi connectivity index (χ1n) is 10.7. The van der Waals surface area contributed by atoms with Gasteiger partial charge in [0.05, 0.1) is 35.3 Å². The Morgan fingerprint density at radius 1 is 1.10 bits per heavy atom. The maximum absolute atomic E-state index is 12.9. The molecule has 2 fully saturated rings. The monoisotopic (exact) mass is 442 g/mol. The molecule has 6 nitrogen and oxygen atoms in total. The molecule has 2 saturated heterocycles. The third-order valence-electron chi connectivity index (χ3n) is 5.94. The maximum atomic E-state index is 12.9. The summed E-state index contributed by atoms with van der Waals surface area (Å²) in [6, 6.07) is 16.0. The van der Waals surface area contributed by atoms with Gasteiger partial charge in [-0.2, -0.15) is 0 Å². The molecule has 4 rings (SSSR count). The van der Waals surface area contributed by atoms with E-state index >= 15 is 0 Å². The molecule has 3 atom stereocenters. The Morgan fingerprint density at radius 2 is 1.87 bits per heavy atom. The van der Waals surface area contributed by atoms with E-state index in [1.165, 1.54) is 0 Å². The molecule has 2 amide bonds. The van der Waals surface area contributed by atoms with Crippen LogP contribution in [0.5, 0.6) is 0 Å². The van der Waals surface area contributed by atoms with Crippen molar-refractivity contribution in [2.24, 2.45) is 0 Å². The topological polar surface area (TPSA) is 76.7 Å². The van der Waals surface area contributed by atoms with E-state index in [0.29, 0.717) is 30.4 Å². The Bertz CT molecular complexity index is 915. The van der Waals surface area contributed by atoms with E-state index in [-0.39, 0.29) is 29.9 Å². The van der Waals surface area contributed by atoms with Gasteiger partial charge in [0.15, 0.2) is 0 Å². The fraction of sp³-hybridized carbons (Fsp3) is 0.417. The minimum absolute atomic E-state index is 0.0404. The zero-order valence-electron chi connectivity index (χ0n) is 17.3. The van der Waals surface area contributed by atoms with Crippen LogP contribution in [0.4, 0.5) is 0 Å². The van der Waals surface area contributed by atoms with Crippen molar-refractivity contribution in [3.63, 3.8) is 0 Å². The first-order chi connectivity index (χ1) is 15.0. The number of amides is 2. The van der Waals surface area contributed by atoms with Gasteiger partial charge in [-0.1, -0.05) is 54.1 Å². The zero-order chi connectivity index (χ0) is 21.7. The molecule has 2 N–H and O–H groups in total. The SMILES string of the molecule is O=C(CC(NC(=O)c1ccccc1Cl)c1ccccc1)NC1CCOC2(CCOC2)C1. The summed E-state index contributed by atoms with van der Waals surface area (Å²) < 4.78 is 11.5. The fourth-order valence-electron chi connectivity index (χ4n) is 4.31. The number of halogens is 1. The van der Waals surface area contributed by atoms with E-state index in [0.717, 1.165) is 24.8 Å². The van der Waals surface area contributed by atoms with Crippen molar-refractivity contribution < 1.29 is 19.1 Å². The van der Waals surface area contributed by atoms with Gasteiger partial charge in [-0.05, 0) is 30.5 Å². The Hall–Kier alpha value is -2.41. The number of nitrogens with one attached hydrogen (secondary N) is 2. The van der Waals surface area contributed by atoms with Gasteiger partial charge in [0.2, 0.25) is 5.91 Å². The summed E-state index contributed by atoms with van der Waals surface area (Å²) in [4.78, 5) is 25.8. The lowest BCUT2D eigenvalue weighted by Crippen LogP contribution is -2.49. The largest absolute Gasteiger partial charge is 0.378 e. The molecular formula is C24H27ClN2O4. The number of hydrogen-bond acceptors (Lipinski definition) is 4. The molecule has 3 unspecified atom stereocenters. The number of benzene rings is 2. The van der Waals surface area contributed by atoms with E-state index in [4.69, 9.17) is 21.1 Å². The lowest BCUT2D eigenvalue weighted by atomic mass is 9.89. The summed E-state index contributed by atoms with van der Waals surface area (Å²) in [5.74, 6) is -0.408. The van der Waals surface area contributed by atoms with Gasteiger partial charge in [-0.15, -0.1) is 0 Å². The minimum atomic E-state index is -0.464. The van der Waals surface area contributed by atoms with E-state index in [1.54, 1.807) is 24.3 Å². The highest BCUT2D eigenvalue weighted by Gasteiger charge is 2.41. The number of rotatable bonds is 6. The minimum Gasteiger partial charge on any atom is -0.378 e. The molecule has 2 heterocycles. The average molecular weight is 443 g/mol. The van der Waals surface area contributed by atoms with Gasteiger partial charge in [0.25, 0.3) is 5.91 Å². The summed E-state index contributed by atoms with van der Waals surface area (Å²) in [5, 5.41) is 6.50. The van der Waals surface area contributed by atoms with Crippen LogP contribution >= 0.6 is 11.6 Å². The molecule has 164 valence electrons. The summed E-state index contributed by atoms with van der Waals surface area (Å²) >= 11 is 6.18. The Morgan fingerprint density at radius 3 is 2.61 bits per heavy atom. The zero-order valence-corrected chi connectivity index (χ0v) is 18.1. The molecule has 2 aromatic carbocycles. The van der Waals surface area contributed by atoms with Crippen LogP contribution in [0.1, 0.15) is 47.6 Å². The highest BCUT2D eigenvalue weighted by Crippen LogP contribution is 2.33.